The molecule has 0 bridgehead atoms. The normalized spacial score (nSPS) is 11.9. The molecule has 0 aliphatic carbocycles. The van der Waals surface area contributed by atoms with Gasteiger partial charge in [0, 0.05) is 31.5 Å². The SMILES string of the molecule is CN(CCCN=C(N)Nc1ccc(OC(F)(F)F)cc1)c1ccccc1. The number of anilines is 2. The highest BCUT2D eigenvalue weighted by molar-refractivity contribution is 5.92. The van der Waals surface area contributed by atoms with E-state index in [0.717, 1.165) is 18.7 Å². The molecule has 0 spiro atoms. The second kappa shape index (κ2) is 8.98. The van der Waals surface area contributed by atoms with Crippen molar-refractivity contribution < 1.29 is 17.9 Å². The van der Waals surface area contributed by atoms with Gasteiger partial charge in [0.15, 0.2) is 5.96 Å². The smallest absolute Gasteiger partial charge is 0.406 e. The molecule has 0 aliphatic heterocycles. The summed E-state index contributed by atoms with van der Waals surface area (Å²) in [5.74, 6) is -0.0839. The van der Waals surface area contributed by atoms with Crippen LogP contribution in [0.25, 0.3) is 0 Å². The molecule has 0 unspecified atom stereocenters. The second-order valence-corrected chi connectivity index (χ2v) is 5.57. The van der Waals surface area contributed by atoms with Gasteiger partial charge < -0.3 is 20.7 Å². The number of hydrogen-bond acceptors (Lipinski definition) is 3. The van der Waals surface area contributed by atoms with E-state index >= 15 is 0 Å². The van der Waals surface area contributed by atoms with E-state index in [1.807, 2.05) is 37.4 Å². The first-order valence-electron chi connectivity index (χ1n) is 8.02. The average molecular weight is 366 g/mol. The number of nitrogens with two attached hydrogens (primary N) is 1. The Morgan fingerprint density at radius 1 is 1.12 bits per heavy atom. The molecule has 3 N–H and O–H groups in total. The van der Waals surface area contributed by atoms with Crippen LogP contribution in [0.2, 0.25) is 0 Å². The predicted octanol–water partition coefficient (Wildman–Crippen LogP) is 3.84. The Kier molecular flexibility index (Phi) is 6.71. The number of hydrogen-bond donors (Lipinski definition) is 2. The van der Waals surface area contributed by atoms with E-state index in [-0.39, 0.29) is 11.7 Å². The highest BCUT2D eigenvalue weighted by atomic mass is 19.4. The van der Waals surface area contributed by atoms with Gasteiger partial charge in [-0.1, -0.05) is 18.2 Å². The van der Waals surface area contributed by atoms with Gasteiger partial charge in [-0.05, 0) is 42.8 Å². The van der Waals surface area contributed by atoms with E-state index in [2.05, 4.69) is 19.9 Å². The highest BCUT2D eigenvalue weighted by Crippen LogP contribution is 2.23. The molecule has 0 aliphatic rings. The van der Waals surface area contributed by atoms with Gasteiger partial charge in [-0.3, -0.25) is 4.99 Å². The standard InChI is InChI=1S/C18H21F3N4O/c1-25(15-6-3-2-4-7-15)13-5-12-23-17(22)24-14-8-10-16(11-9-14)26-18(19,20)21/h2-4,6-11H,5,12-13H2,1H3,(H3,22,23,24). The molecule has 8 heteroatoms. The molecule has 140 valence electrons. The lowest BCUT2D eigenvalue weighted by Gasteiger charge is -2.18. The quantitative estimate of drug-likeness (QED) is 0.444. The molecule has 5 nitrogen and oxygen atoms in total. The minimum Gasteiger partial charge on any atom is -0.406 e. The van der Waals surface area contributed by atoms with E-state index in [4.69, 9.17) is 5.73 Å². The van der Waals surface area contributed by atoms with Crippen molar-refractivity contribution in [3.8, 4) is 5.75 Å². The summed E-state index contributed by atoms with van der Waals surface area (Å²) in [5.41, 5.74) is 7.45. The molecule has 0 saturated carbocycles. The first-order chi connectivity index (χ1) is 12.3. The number of alkyl halides is 3. The Morgan fingerprint density at radius 3 is 2.38 bits per heavy atom. The molecular formula is C18H21F3N4O. The number of ether oxygens (including phenoxy) is 1. The Balaban J connectivity index is 1.76. The molecule has 0 fully saturated rings. The third-order valence-electron chi connectivity index (χ3n) is 3.49. The van der Waals surface area contributed by atoms with E-state index in [1.165, 1.54) is 24.3 Å². The summed E-state index contributed by atoms with van der Waals surface area (Å²) >= 11 is 0. The molecule has 2 rings (SSSR count). The summed E-state index contributed by atoms with van der Waals surface area (Å²) in [7, 11) is 2.01. The van der Waals surface area contributed by atoms with Crippen LogP contribution in [0.1, 0.15) is 6.42 Å². The van der Waals surface area contributed by atoms with E-state index in [9.17, 15) is 13.2 Å². The minimum atomic E-state index is -4.71. The summed E-state index contributed by atoms with van der Waals surface area (Å²) in [5, 5.41) is 2.83. The average Bonchev–Trinajstić information content (AvgIpc) is 2.60. The molecule has 2 aromatic rings. The van der Waals surface area contributed by atoms with Gasteiger partial charge in [-0.2, -0.15) is 0 Å². The van der Waals surface area contributed by atoms with E-state index in [0.29, 0.717) is 12.2 Å². The summed E-state index contributed by atoms with van der Waals surface area (Å²) in [6.45, 7) is 1.36. The predicted molar refractivity (Wildman–Crippen MR) is 97.6 cm³/mol. The van der Waals surface area contributed by atoms with Gasteiger partial charge >= 0.3 is 6.36 Å². The van der Waals surface area contributed by atoms with Crippen molar-refractivity contribution in [1.29, 1.82) is 0 Å². The number of nitrogens with one attached hydrogen (secondary N) is 1. The summed E-state index contributed by atoms with van der Waals surface area (Å²) in [4.78, 5) is 6.34. The van der Waals surface area contributed by atoms with Crippen LogP contribution in [0.3, 0.4) is 0 Å². The summed E-state index contributed by atoms with van der Waals surface area (Å²) < 4.78 is 40.1. The number of halogens is 3. The van der Waals surface area contributed by atoms with Crippen molar-refractivity contribution in [1.82, 2.24) is 0 Å². The fourth-order valence-electron chi connectivity index (χ4n) is 2.25. The van der Waals surface area contributed by atoms with Gasteiger partial charge in [0.2, 0.25) is 0 Å². The Labute approximate surface area is 150 Å². The summed E-state index contributed by atoms with van der Waals surface area (Å²) in [6.07, 6.45) is -3.89. The van der Waals surface area contributed by atoms with Crippen molar-refractivity contribution in [2.45, 2.75) is 12.8 Å². The number of rotatable bonds is 7. The van der Waals surface area contributed by atoms with Gasteiger partial charge in [-0.25, -0.2) is 0 Å². The number of guanidine groups is 1. The van der Waals surface area contributed by atoms with E-state index in [1.54, 1.807) is 0 Å². The number of aliphatic imine (C=N–C) groups is 1. The van der Waals surface area contributed by atoms with Crippen LogP contribution < -0.4 is 20.7 Å². The first-order valence-corrected chi connectivity index (χ1v) is 8.02. The third kappa shape index (κ3) is 6.92. The van der Waals surface area contributed by atoms with Crippen molar-refractivity contribution in [2.75, 3.05) is 30.4 Å². The summed E-state index contributed by atoms with van der Waals surface area (Å²) in [6, 6.07) is 15.3. The van der Waals surface area contributed by atoms with Crippen molar-refractivity contribution in [3.63, 3.8) is 0 Å². The second-order valence-electron chi connectivity index (χ2n) is 5.57. The van der Waals surface area contributed by atoms with Crippen LogP contribution in [0.4, 0.5) is 24.5 Å². The third-order valence-corrected chi connectivity index (χ3v) is 3.49. The molecule has 26 heavy (non-hydrogen) atoms. The van der Waals surface area contributed by atoms with E-state index < -0.39 is 6.36 Å². The van der Waals surface area contributed by atoms with Gasteiger partial charge in [0.05, 0.1) is 0 Å². The Morgan fingerprint density at radius 2 is 1.77 bits per heavy atom. The highest BCUT2D eigenvalue weighted by Gasteiger charge is 2.30. The first kappa shape index (κ1) is 19.4. The molecule has 0 atom stereocenters. The number of nitrogens with zero attached hydrogens (tertiary/aromatic N) is 2. The van der Waals surface area contributed by atoms with Gasteiger partial charge in [-0.15, -0.1) is 13.2 Å². The molecule has 0 heterocycles. The van der Waals surface area contributed by atoms with Crippen LogP contribution in [0, 0.1) is 0 Å². The van der Waals surface area contributed by atoms with Gasteiger partial charge in [0.25, 0.3) is 0 Å². The Hall–Kier alpha value is -2.90. The molecular weight excluding hydrogens is 345 g/mol. The van der Waals surface area contributed by atoms with Crippen LogP contribution in [0.15, 0.2) is 59.6 Å². The molecule has 0 saturated heterocycles. The number of para-hydroxylation sites is 1. The van der Waals surface area contributed by atoms with Crippen LogP contribution in [-0.4, -0.2) is 32.5 Å². The lowest BCUT2D eigenvalue weighted by molar-refractivity contribution is -0.274. The van der Waals surface area contributed by atoms with Crippen LogP contribution in [-0.2, 0) is 0 Å². The lowest BCUT2D eigenvalue weighted by Crippen LogP contribution is -2.24. The maximum atomic E-state index is 12.1. The molecule has 2 aromatic carbocycles. The van der Waals surface area contributed by atoms with Gasteiger partial charge in [0.1, 0.15) is 5.75 Å². The monoisotopic (exact) mass is 366 g/mol. The number of benzene rings is 2. The molecule has 0 radical (unpaired) electrons. The largest absolute Gasteiger partial charge is 0.573 e. The van der Waals surface area contributed by atoms with Crippen molar-refractivity contribution in [2.24, 2.45) is 10.7 Å². The maximum Gasteiger partial charge on any atom is 0.573 e. The zero-order valence-corrected chi connectivity index (χ0v) is 14.3. The minimum absolute atomic E-state index is 0.205. The van der Waals surface area contributed by atoms with Crippen LogP contribution >= 0.6 is 0 Å². The van der Waals surface area contributed by atoms with Crippen molar-refractivity contribution in [3.05, 3.63) is 54.6 Å². The fraction of sp³-hybridized carbons (Fsp3) is 0.278. The fourth-order valence-corrected chi connectivity index (χ4v) is 2.25. The molecule has 0 aromatic heterocycles. The van der Waals surface area contributed by atoms with Crippen molar-refractivity contribution >= 4 is 17.3 Å². The topological polar surface area (TPSA) is 62.9 Å². The zero-order valence-electron chi connectivity index (χ0n) is 14.3. The lowest BCUT2D eigenvalue weighted by atomic mass is 10.3. The maximum absolute atomic E-state index is 12.1. The van der Waals surface area contributed by atoms with Crippen LogP contribution in [0.5, 0.6) is 5.75 Å². The molecule has 0 amide bonds. The Bertz CT molecular complexity index is 703. The zero-order chi connectivity index (χ0) is 19.0.